The standard InChI is InChI=1S/C32H40N2O6/c1-3-4-18-34-29(35)25-26(30(34)36)32(31(37)38,19-21-12-7-5-8-13-21)33-27(25)23-16-11-17-24(39-2)28(23)40-20-22-14-9-6-10-15-22/h6,9-11,14-17,21,25-27,33H,3-5,7-8,12-13,18-20H2,1-2H3,(H,37,38). The number of carboxylic acids is 1. The highest BCUT2D eigenvalue weighted by Crippen LogP contribution is 2.54. The van der Waals surface area contributed by atoms with Gasteiger partial charge in [-0.15, -0.1) is 0 Å². The Balaban J connectivity index is 1.57. The lowest BCUT2D eigenvalue weighted by atomic mass is 9.72. The van der Waals surface area contributed by atoms with E-state index in [1.54, 1.807) is 13.2 Å². The third kappa shape index (κ3) is 5.09. The highest BCUT2D eigenvalue weighted by Gasteiger charge is 2.68. The lowest BCUT2D eigenvalue weighted by Crippen LogP contribution is -2.56. The molecule has 2 saturated heterocycles. The summed E-state index contributed by atoms with van der Waals surface area (Å²) in [6.45, 7) is 2.59. The van der Waals surface area contributed by atoms with Gasteiger partial charge in [-0.25, -0.2) is 0 Å². The Bertz CT molecular complexity index is 1230. The largest absolute Gasteiger partial charge is 0.493 e. The van der Waals surface area contributed by atoms with Gasteiger partial charge in [-0.3, -0.25) is 24.6 Å². The number of unbranched alkanes of at least 4 members (excludes halogenated alkanes) is 1. The summed E-state index contributed by atoms with van der Waals surface area (Å²) in [4.78, 5) is 42.4. The first kappa shape index (κ1) is 28.1. The van der Waals surface area contributed by atoms with Gasteiger partial charge in [0.25, 0.3) is 0 Å². The molecule has 2 aromatic rings. The van der Waals surface area contributed by atoms with E-state index in [-0.39, 0.29) is 24.3 Å². The number of ether oxygens (including phenoxy) is 2. The van der Waals surface area contributed by atoms with E-state index in [1.807, 2.05) is 49.4 Å². The van der Waals surface area contributed by atoms with Crippen LogP contribution in [0.5, 0.6) is 11.5 Å². The smallest absolute Gasteiger partial charge is 0.324 e. The van der Waals surface area contributed by atoms with Gasteiger partial charge in [0.1, 0.15) is 12.1 Å². The monoisotopic (exact) mass is 548 g/mol. The zero-order valence-corrected chi connectivity index (χ0v) is 23.4. The highest BCUT2D eigenvalue weighted by atomic mass is 16.5. The minimum Gasteiger partial charge on any atom is -0.493 e. The van der Waals surface area contributed by atoms with Crippen LogP contribution in [0.1, 0.15) is 75.5 Å². The molecule has 3 aliphatic rings. The second-order valence-electron chi connectivity index (χ2n) is 11.4. The Hall–Kier alpha value is -3.39. The van der Waals surface area contributed by atoms with E-state index >= 15 is 0 Å². The predicted octanol–water partition coefficient (Wildman–Crippen LogP) is 5.11. The Morgan fingerprint density at radius 2 is 1.80 bits per heavy atom. The number of para-hydroxylation sites is 1. The number of methoxy groups -OCH3 is 1. The summed E-state index contributed by atoms with van der Waals surface area (Å²) >= 11 is 0. The number of carbonyl (C=O) groups is 3. The van der Waals surface area contributed by atoms with Crippen LogP contribution in [-0.4, -0.2) is 47.0 Å². The van der Waals surface area contributed by atoms with Crippen molar-refractivity contribution in [2.75, 3.05) is 13.7 Å². The first-order valence-corrected chi connectivity index (χ1v) is 14.6. The number of nitrogens with zero attached hydrogens (tertiary/aromatic N) is 1. The maximum atomic E-state index is 13.9. The highest BCUT2D eigenvalue weighted by molar-refractivity contribution is 6.09. The van der Waals surface area contributed by atoms with Gasteiger partial charge in [-0.1, -0.05) is 87.9 Å². The molecule has 3 fully saturated rings. The number of benzene rings is 2. The number of carboxylic acid groups (broad SMARTS) is 1. The van der Waals surface area contributed by atoms with E-state index in [1.165, 1.54) is 4.90 Å². The normalized spacial score (nSPS) is 26.6. The summed E-state index contributed by atoms with van der Waals surface area (Å²) in [5.41, 5.74) is 0.0624. The molecule has 8 heteroatoms. The molecule has 4 atom stereocenters. The molecule has 2 N–H and O–H groups in total. The summed E-state index contributed by atoms with van der Waals surface area (Å²) in [6.07, 6.45) is 6.96. The number of hydrogen-bond donors (Lipinski definition) is 2. The van der Waals surface area contributed by atoms with Gasteiger partial charge in [-0.05, 0) is 30.4 Å². The van der Waals surface area contributed by atoms with Gasteiger partial charge in [-0.2, -0.15) is 0 Å². The second-order valence-corrected chi connectivity index (χ2v) is 11.4. The fourth-order valence-electron chi connectivity index (χ4n) is 7.01. The van der Waals surface area contributed by atoms with Gasteiger partial charge in [0.2, 0.25) is 11.8 Å². The van der Waals surface area contributed by atoms with Gasteiger partial charge in [0.15, 0.2) is 11.5 Å². The number of imide groups is 1. The molecule has 2 amide bonds. The van der Waals surface area contributed by atoms with Crippen LogP contribution < -0.4 is 14.8 Å². The number of likely N-dealkylation sites (tertiary alicyclic amines) is 1. The predicted molar refractivity (Wildman–Crippen MR) is 150 cm³/mol. The lowest BCUT2D eigenvalue weighted by molar-refractivity contribution is -0.152. The van der Waals surface area contributed by atoms with Crippen LogP contribution in [0, 0.1) is 17.8 Å². The van der Waals surface area contributed by atoms with Crippen molar-refractivity contribution in [2.24, 2.45) is 17.8 Å². The van der Waals surface area contributed by atoms with Crippen molar-refractivity contribution < 1.29 is 29.0 Å². The van der Waals surface area contributed by atoms with Crippen molar-refractivity contribution in [3.8, 4) is 11.5 Å². The molecule has 0 aromatic heterocycles. The number of rotatable bonds is 11. The number of amides is 2. The molecule has 2 heterocycles. The molecular weight excluding hydrogens is 508 g/mol. The summed E-state index contributed by atoms with van der Waals surface area (Å²) < 4.78 is 12.0. The first-order valence-electron chi connectivity index (χ1n) is 14.6. The van der Waals surface area contributed by atoms with Gasteiger partial charge in [0, 0.05) is 18.2 Å². The maximum absolute atomic E-state index is 13.9. The van der Waals surface area contributed by atoms with Crippen molar-refractivity contribution in [2.45, 2.75) is 76.5 Å². The lowest BCUT2D eigenvalue weighted by Gasteiger charge is -2.35. The van der Waals surface area contributed by atoms with Crippen molar-refractivity contribution in [1.82, 2.24) is 10.2 Å². The van der Waals surface area contributed by atoms with Crippen LogP contribution in [0.25, 0.3) is 0 Å². The van der Waals surface area contributed by atoms with E-state index in [0.717, 1.165) is 44.1 Å². The second kappa shape index (κ2) is 12.0. The molecule has 0 bridgehead atoms. The third-order valence-electron chi connectivity index (χ3n) is 8.99. The SMILES string of the molecule is CCCCN1C(=O)C2C(c3cccc(OC)c3OCc3ccccc3)NC(CC3CCCCC3)(C(=O)O)C2C1=O. The average molecular weight is 549 g/mol. The minimum atomic E-state index is -1.54. The van der Waals surface area contributed by atoms with Gasteiger partial charge in [0.05, 0.1) is 18.9 Å². The van der Waals surface area contributed by atoms with E-state index < -0.39 is 29.4 Å². The molecule has 1 saturated carbocycles. The number of fused-ring (bicyclic) bond motifs is 1. The number of aliphatic carboxylic acids is 1. The molecule has 8 nitrogen and oxygen atoms in total. The molecule has 5 rings (SSSR count). The Labute approximate surface area is 236 Å². The third-order valence-corrected chi connectivity index (χ3v) is 8.99. The number of hydrogen-bond acceptors (Lipinski definition) is 6. The summed E-state index contributed by atoms with van der Waals surface area (Å²) in [7, 11) is 1.56. The van der Waals surface area contributed by atoms with E-state index in [2.05, 4.69) is 5.32 Å². The number of carbonyl (C=O) groups excluding carboxylic acids is 2. The summed E-state index contributed by atoms with van der Waals surface area (Å²) in [5.74, 6) is -2.42. The van der Waals surface area contributed by atoms with E-state index in [4.69, 9.17) is 9.47 Å². The van der Waals surface area contributed by atoms with Crippen molar-refractivity contribution in [3.05, 3.63) is 59.7 Å². The molecule has 40 heavy (non-hydrogen) atoms. The van der Waals surface area contributed by atoms with E-state index in [9.17, 15) is 19.5 Å². The van der Waals surface area contributed by atoms with Crippen LogP contribution in [0.3, 0.4) is 0 Å². The van der Waals surface area contributed by atoms with Crippen LogP contribution in [0.4, 0.5) is 0 Å². The molecule has 214 valence electrons. The number of nitrogens with one attached hydrogen (secondary N) is 1. The van der Waals surface area contributed by atoms with Crippen molar-refractivity contribution in [1.29, 1.82) is 0 Å². The van der Waals surface area contributed by atoms with E-state index in [0.29, 0.717) is 36.4 Å². The van der Waals surface area contributed by atoms with Gasteiger partial charge >= 0.3 is 5.97 Å². The average Bonchev–Trinajstić information content (AvgIpc) is 3.44. The molecule has 2 aliphatic heterocycles. The Kier molecular flexibility index (Phi) is 8.45. The van der Waals surface area contributed by atoms with Crippen LogP contribution >= 0.6 is 0 Å². The van der Waals surface area contributed by atoms with Crippen molar-refractivity contribution >= 4 is 17.8 Å². The summed E-state index contributed by atoms with van der Waals surface area (Å²) in [6, 6.07) is 14.5. The fourth-order valence-corrected chi connectivity index (χ4v) is 7.01. The summed E-state index contributed by atoms with van der Waals surface area (Å²) in [5, 5.41) is 14.2. The molecule has 0 radical (unpaired) electrons. The van der Waals surface area contributed by atoms with Crippen LogP contribution in [0.2, 0.25) is 0 Å². The molecular formula is C32H40N2O6. The van der Waals surface area contributed by atoms with Gasteiger partial charge < -0.3 is 14.6 Å². The molecule has 1 aliphatic carbocycles. The zero-order chi connectivity index (χ0) is 28.3. The molecule has 0 spiro atoms. The molecule has 2 aromatic carbocycles. The molecule has 4 unspecified atom stereocenters. The quantitative estimate of drug-likeness (QED) is 0.376. The topological polar surface area (TPSA) is 105 Å². The minimum absolute atomic E-state index is 0.184. The van der Waals surface area contributed by atoms with Crippen molar-refractivity contribution in [3.63, 3.8) is 0 Å². The van der Waals surface area contributed by atoms with Crippen LogP contribution in [-0.2, 0) is 21.0 Å². The van der Waals surface area contributed by atoms with Crippen LogP contribution in [0.15, 0.2) is 48.5 Å². The first-order chi connectivity index (χ1) is 19.4. The fraction of sp³-hybridized carbons (Fsp3) is 0.531. The zero-order valence-electron chi connectivity index (χ0n) is 23.4. The maximum Gasteiger partial charge on any atom is 0.324 e. The Morgan fingerprint density at radius 3 is 2.48 bits per heavy atom. The Morgan fingerprint density at radius 1 is 1.05 bits per heavy atom.